The van der Waals surface area contributed by atoms with E-state index >= 15 is 0 Å². The summed E-state index contributed by atoms with van der Waals surface area (Å²) in [6, 6.07) is 39.3. The third-order valence-corrected chi connectivity index (χ3v) is 15.7. The highest BCUT2D eigenvalue weighted by Gasteiger charge is 2.38. The van der Waals surface area contributed by atoms with Crippen molar-refractivity contribution < 1.29 is 78.1 Å². The van der Waals surface area contributed by atoms with Gasteiger partial charge in [-0.05, 0) is 68.4 Å². The third-order valence-electron chi connectivity index (χ3n) is 15.7. The molecule has 96 heavy (non-hydrogen) atoms. The lowest BCUT2D eigenvalue weighted by Gasteiger charge is -2.32. The zero-order valence-corrected chi connectivity index (χ0v) is 51.6. The molecule has 0 fully saturated rings. The highest BCUT2D eigenvalue weighted by atomic mass is 16.5. The standard InChI is InChI=1S/C76H60B4O16/c1-9-29-89-65-45-66(90-30-10-2)58-41-57(65)73(49-21-17-25-53(37-49)77(81)82)59-42-60(68(92-32-12-4)46-67(59)91-31-11-3)75(51-23-19-27-55(39-51)79(85)86)63-44-64(72(96-36-16-8)48-71(63)95-35-15-7)76(52-24-20-28-56(40-52)80(87)88)62-43-61(69(93-33-13-5)47-70(62)94-34-14-6)74(58)50-22-18-26-54(38-50)78(83)84/h1-8,17-28,37-48,73-76,81-88H,29-36H2. The molecule has 0 saturated carbocycles. The zero-order valence-electron chi connectivity index (χ0n) is 51.6. The van der Waals surface area contributed by atoms with Gasteiger partial charge in [0.15, 0.2) is 0 Å². The first-order valence-corrected chi connectivity index (χ1v) is 29.7. The fourth-order valence-electron chi connectivity index (χ4n) is 11.8. The van der Waals surface area contributed by atoms with Crippen LogP contribution in [0.1, 0.15) is 90.4 Å². The van der Waals surface area contributed by atoms with E-state index in [2.05, 4.69) is 47.4 Å². The zero-order chi connectivity index (χ0) is 68.4. The van der Waals surface area contributed by atoms with Crippen LogP contribution in [0.2, 0.25) is 0 Å². The molecule has 0 atom stereocenters. The number of hydrogen-bond donors (Lipinski definition) is 8. The maximum atomic E-state index is 11.0. The molecule has 1 aliphatic carbocycles. The fraction of sp³-hybridized carbons (Fsp3) is 0.158. The lowest BCUT2D eigenvalue weighted by Crippen LogP contribution is -2.30. The van der Waals surface area contributed by atoms with Crippen LogP contribution in [0.5, 0.6) is 46.0 Å². The SMILES string of the molecule is C#CCOc1cc(OCC#C)c2cc1C(c1cccc(B(O)O)c1)c1cc(c(OCC#C)cc1OCC#C)C(c1cccc(B(O)O)c1)c1cc(c(OCC#C)cc1OCC#C)C(c1cccc(B(O)O)c1)c1cc(c(OCC#C)cc1OCC#C)C2c1cccc(B(O)O)c1. The number of benzene rings is 8. The largest absolute Gasteiger partial charge is 0.488 e. The Morgan fingerprint density at radius 3 is 0.531 bits per heavy atom. The van der Waals surface area contributed by atoms with Gasteiger partial charge >= 0.3 is 28.5 Å². The summed E-state index contributed by atoms with van der Waals surface area (Å²) in [6.45, 7) is -2.60. The summed E-state index contributed by atoms with van der Waals surface area (Å²) in [5.41, 5.74) is 4.22. The first-order chi connectivity index (χ1) is 46.6. The summed E-state index contributed by atoms with van der Waals surface area (Å²) in [7, 11) is -8.00. The Labute approximate surface area is 559 Å². The van der Waals surface area contributed by atoms with E-state index in [9.17, 15) is 40.2 Å². The highest BCUT2D eigenvalue weighted by Crippen LogP contribution is 2.55. The molecular formula is C76H60B4O16. The number of terminal acetylenes is 8. The van der Waals surface area contributed by atoms with Gasteiger partial charge in [-0.25, -0.2) is 0 Å². The Kier molecular flexibility index (Phi) is 23.3. The summed E-state index contributed by atoms with van der Waals surface area (Å²) in [6.07, 6.45) is 48.2. The lowest BCUT2D eigenvalue weighted by atomic mass is 9.72. The minimum Gasteiger partial charge on any atom is -0.480 e. The van der Waals surface area contributed by atoms with Crippen molar-refractivity contribution in [2.24, 2.45) is 0 Å². The molecule has 472 valence electrons. The molecule has 8 aromatic rings. The Balaban J connectivity index is 1.67. The molecule has 1 aliphatic rings. The molecule has 0 heterocycles. The Morgan fingerprint density at radius 1 is 0.240 bits per heavy atom. The van der Waals surface area contributed by atoms with E-state index in [0.717, 1.165) is 0 Å². The molecule has 0 spiro atoms. The molecule has 8 aromatic carbocycles. The smallest absolute Gasteiger partial charge is 0.480 e. The molecule has 0 unspecified atom stereocenters. The van der Waals surface area contributed by atoms with Gasteiger partial charge in [0.25, 0.3) is 0 Å². The average molecular weight is 1270 g/mol. The van der Waals surface area contributed by atoms with Gasteiger partial charge in [0.2, 0.25) is 0 Å². The van der Waals surface area contributed by atoms with Crippen LogP contribution in [0.25, 0.3) is 0 Å². The van der Waals surface area contributed by atoms with Crippen LogP contribution in [-0.2, 0) is 0 Å². The monoisotopic (exact) mass is 1270 g/mol. The number of hydrogen-bond acceptors (Lipinski definition) is 16. The van der Waals surface area contributed by atoms with Crippen molar-refractivity contribution in [2.45, 2.75) is 23.7 Å². The van der Waals surface area contributed by atoms with Crippen molar-refractivity contribution in [3.63, 3.8) is 0 Å². The Bertz CT molecular complexity index is 3790. The average Bonchev–Trinajstić information content (AvgIpc) is 0.739. The summed E-state index contributed by atoms with van der Waals surface area (Å²) in [5, 5.41) is 88.0. The van der Waals surface area contributed by atoms with E-state index in [1.54, 1.807) is 121 Å². The Morgan fingerprint density at radius 2 is 0.396 bits per heavy atom. The lowest BCUT2D eigenvalue weighted by molar-refractivity contribution is 0.339. The van der Waals surface area contributed by atoms with Gasteiger partial charge in [-0.15, -0.1) is 51.4 Å². The van der Waals surface area contributed by atoms with Gasteiger partial charge in [-0.3, -0.25) is 0 Å². The molecule has 0 amide bonds. The van der Waals surface area contributed by atoms with Crippen LogP contribution in [0.15, 0.2) is 146 Å². The third kappa shape index (κ3) is 15.5. The second-order valence-corrected chi connectivity index (χ2v) is 21.6. The van der Waals surface area contributed by atoms with Crippen LogP contribution < -0.4 is 59.7 Å². The molecule has 0 saturated heterocycles. The normalized spacial score (nSPS) is 14.1. The van der Waals surface area contributed by atoms with Gasteiger partial charge < -0.3 is 78.1 Å². The van der Waals surface area contributed by atoms with E-state index < -0.39 is 52.1 Å². The minimum absolute atomic E-state index is 0.0632. The van der Waals surface area contributed by atoms with E-state index in [0.29, 0.717) is 66.8 Å². The molecule has 16 nitrogen and oxygen atoms in total. The summed E-state index contributed by atoms with van der Waals surface area (Å²) >= 11 is 0. The van der Waals surface area contributed by atoms with Gasteiger partial charge in [0, 0.05) is 92.4 Å². The van der Waals surface area contributed by atoms with Crippen molar-refractivity contribution in [1.29, 1.82) is 0 Å². The van der Waals surface area contributed by atoms with Crippen molar-refractivity contribution in [3.8, 4) is 145 Å². The summed E-state index contributed by atoms with van der Waals surface area (Å²) < 4.78 is 53.0. The summed E-state index contributed by atoms with van der Waals surface area (Å²) in [4.78, 5) is 0. The number of rotatable bonds is 24. The fourth-order valence-corrected chi connectivity index (χ4v) is 11.8. The van der Waals surface area contributed by atoms with Crippen LogP contribution >= 0.6 is 0 Å². The van der Waals surface area contributed by atoms with Crippen LogP contribution in [0.4, 0.5) is 0 Å². The first-order valence-electron chi connectivity index (χ1n) is 29.7. The predicted octanol–water partition coefficient (Wildman–Crippen LogP) is 3.54. The number of ether oxygens (including phenoxy) is 8. The molecule has 0 radical (unpaired) electrons. The van der Waals surface area contributed by atoms with Crippen LogP contribution in [0, 0.1) is 98.8 Å². The second kappa shape index (κ2) is 32.4. The predicted molar refractivity (Wildman–Crippen MR) is 369 cm³/mol. The summed E-state index contributed by atoms with van der Waals surface area (Å²) in [5.74, 6) is 16.6. The van der Waals surface area contributed by atoms with E-state index in [1.807, 2.05) is 0 Å². The van der Waals surface area contributed by atoms with Gasteiger partial charge in [0.1, 0.15) is 98.9 Å². The molecule has 0 aromatic heterocycles. The van der Waals surface area contributed by atoms with Crippen molar-refractivity contribution >= 4 is 50.3 Å². The topological polar surface area (TPSA) is 236 Å². The van der Waals surface area contributed by atoms with Crippen molar-refractivity contribution in [1.82, 2.24) is 0 Å². The first kappa shape index (κ1) is 68.9. The number of fused-ring (bicyclic) bond motifs is 8. The maximum absolute atomic E-state index is 11.0. The maximum Gasteiger partial charge on any atom is 0.488 e. The van der Waals surface area contributed by atoms with Gasteiger partial charge in [-0.2, -0.15) is 0 Å². The molecular weight excluding hydrogens is 1210 g/mol. The minimum atomic E-state index is -2.00. The van der Waals surface area contributed by atoms with Crippen LogP contribution in [-0.4, -0.2) is 122 Å². The van der Waals surface area contributed by atoms with E-state index in [4.69, 9.17) is 89.3 Å². The Hall–Kier alpha value is -11.4. The molecule has 8 bridgehead atoms. The molecule has 9 rings (SSSR count). The molecule has 20 heteroatoms. The second-order valence-electron chi connectivity index (χ2n) is 21.6. The highest BCUT2D eigenvalue weighted by molar-refractivity contribution is 6.59. The quantitative estimate of drug-likeness (QED) is 0.0319. The van der Waals surface area contributed by atoms with Gasteiger partial charge in [0.05, 0.1) is 0 Å². The van der Waals surface area contributed by atoms with Crippen molar-refractivity contribution in [3.05, 3.63) is 212 Å². The molecule has 8 N–H and O–H groups in total. The molecule has 0 aliphatic heterocycles. The van der Waals surface area contributed by atoms with Crippen molar-refractivity contribution in [2.75, 3.05) is 52.9 Å². The van der Waals surface area contributed by atoms with Crippen LogP contribution in [0.3, 0.4) is 0 Å². The van der Waals surface area contributed by atoms with E-state index in [1.165, 1.54) is 24.3 Å². The van der Waals surface area contributed by atoms with E-state index in [-0.39, 0.29) is 121 Å². The van der Waals surface area contributed by atoms with Gasteiger partial charge in [-0.1, -0.05) is 144 Å².